The van der Waals surface area contributed by atoms with E-state index in [0.29, 0.717) is 30.1 Å². The van der Waals surface area contributed by atoms with Gasteiger partial charge in [-0.1, -0.05) is 30.3 Å². The van der Waals surface area contributed by atoms with Crippen LogP contribution in [0, 0.1) is 0 Å². The number of aryl methyl sites for hydroxylation is 1. The molecule has 1 aliphatic rings. The van der Waals surface area contributed by atoms with E-state index in [9.17, 15) is 4.79 Å². The zero-order chi connectivity index (χ0) is 21.3. The lowest BCUT2D eigenvalue weighted by Crippen LogP contribution is -2.35. The summed E-state index contributed by atoms with van der Waals surface area (Å²) < 4.78 is 16.2. The second-order valence-corrected chi connectivity index (χ2v) is 7.53. The van der Waals surface area contributed by atoms with E-state index in [1.54, 1.807) is 21.3 Å². The van der Waals surface area contributed by atoms with Gasteiger partial charge in [0, 0.05) is 39.1 Å². The van der Waals surface area contributed by atoms with Gasteiger partial charge in [0.2, 0.25) is 11.7 Å². The number of hydrogen-bond acceptors (Lipinski definition) is 5. The zero-order valence-corrected chi connectivity index (χ0v) is 18.2. The molecule has 162 valence electrons. The first-order valence-electron chi connectivity index (χ1n) is 10.5. The first-order chi connectivity index (χ1) is 14.6. The van der Waals surface area contributed by atoms with Gasteiger partial charge in [0.1, 0.15) is 0 Å². The Balaban J connectivity index is 1.55. The summed E-state index contributed by atoms with van der Waals surface area (Å²) in [7, 11) is 4.79. The molecule has 1 fully saturated rings. The number of hydrogen-bond donors (Lipinski definition) is 0. The maximum atomic E-state index is 12.8. The molecule has 0 radical (unpaired) electrons. The zero-order valence-electron chi connectivity index (χ0n) is 18.2. The number of carbonyl (C=O) groups is 1. The Bertz CT molecular complexity index is 800. The Kier molecular flexibility index (Phi) is 7.97. The number of benzene rings is 2. The summed E-state index contributed by atoms with van der Waals surface area (Å²) in [6, 6.07) is 14.3. The van der Waals surface area contributed by atoms with Crippen molar-refractivity contribution < 1.29 is 19.0 Å². The van der Waals surface area contributed by atoms with E-state index in [1.807, 2.05) is 23.1 Å². The topological polar surface area (TPSA) is 51.2 Å². The fourth-order valence-electron chi connectivity index (χ4n) is 3.91. The number of ether oxygens (including phenoxy) is 3. The summed E-state index contributed by atoms with van der Waals surface area (Å²) in [5.41, 5.74) is 2.32. The highest BCUT2D eigenvalue weighted by molar-refractivity contribution is 5.76. The van der Waals surface area contributed by atoms with Gasteiger partial charge in [-0.2, -0.15) is 0 Å². The molecule has 0 aromatic heterocycles. The van der Waals surface area contributed by atoms with Crippen LogP contribution in [0.2, 0.25) is 0 Å². The van der Waals surface area contributed by atoms with Crippen LogP contribution in [0.5, 0.6) is 17.2 Å². The molecule has 0 atom stereocenters. The van der Waals surface area contributed by atoms with Gasteiger partial charge < -0.3 is 19.1 Å². The molecule has 1 heterocycles. The highest BCUT2D eigenvalue weighted by Crippen LogP contribution is 2.38. The van der Waals surface area contributed by atoms with Gasteiger partial charge in [-0.25, -0.2) is 0 Å². The average Bonchev–Trinajstić information content (AvgIpc) is 3.03. The Morgan fingerprint density at radius 3 is 2.20 bits per heavy atom. The van der Waals surface area contributed by atoms with Crippen molar-refractivity contribution in [3.8, 4) is 17.2 Å². The number of carbonyl (C=O) groups excluding carboxylic acids is 1. The molecule has 6 nitrogen and oxygen atoms in total. The van der Waals surface area contributed by atoms with Crippen molar-refractivity contribution in [1.29, 1.82) is 0 Å². The second kappa shape index (κ2) is 10.9. The van der Waals surface area contributed by atoms with Crippen LogP contribution < -0.4 is 14.2 Å². The van der Waals surface area contributed by atoms with E-state index in [2.05, 4.69) is 29.2 Å². The lowest BCUT2D eigenvalue weighted by molar-refractivity contribution is -0.131. The van der Waals surface area contributed by atoms with Gasteiger partial charge in [0.25, 0.3) is 0 Å². The van der Waals surface area contributed by atoms with Gasteiger partial charge >= 0.3 is 0 Å². The van der Waals surface area contributed by atoms with Gasteiger partial charge in [0.05, 0.1) is 21.3 Å². The minimum Gasteiger partial charge on any atom is -0.493 e. The summed E-state index contributed by atoms with van der Waals surface area (Å²) in [4.78, 5) is 17.3. The number of amides is 1. The minimum atomic E-state index is 0.199. The smallest absolute Gasteiger partial charge is 0.222 e. The predicted molar refractivity (Wildman–Crippen MR) is 117 cm³/mol. The van der Waals surface area contributed by atoms with Gasteiger partial charge in [-0.15, -0.1) is 0 Å². The molecule has 3 rings (SSSR count). The highest BCUT2D eigenvalue weighted by atomic mass is 16.5. The molecule has 6 heteroatoms. The van der Waals surface area contributed by atoms with Gasteiger partial charge in [0.15, 0.2) is 11.5 Å². The molecule has 2 aromatic carbocycles. The van der Waals surface area contributed by atoms with Crippen LogP contribution in [0.25, 0.3) is 0 Å². The highest BCUT2D eigenvalue weighted by Gasteiger charge is 2.20. The van der Waals surface area contributed by atoms with Crippen molar-refractivity contribution in [1.82, 2.24) is 9.80 Å². The molecule has 1 saturated heterocycles. The summed E-state index contributed by atoms with van der Waals surface area (Å²) >= 11 is 0. The van der Waals surface area contributed by atoms with Crippen LogP contribution >= 0.6 is 0 Å². The van der Waals surface area contributed by atoms with Crippen LogP contribution in [-0.4, -0.2) is 63.2 Å². The molecule has 0 bridgehead atoms. The van der Waals surface area contributed by atoms with Crippen LogP contribution in [0.1, 0.15) is 24.0 Å². The number of methoxy groups -OCH3 is 3. The third-order valence-electron chi connectivity index (χ3n) is 5.54. The van der Waals surface area contributed by atoms with Crippen molar-refractivity contribution >= 4 is 5.91 Å². The quantitative estimate of drug-likeness (QED) is 0.665. The molecular weight excluding hydrogens is 380 g/mol. The van der Waals surface area contributed by atoms with Crippen molar-refractivity contribution in [2.75, 3.05) is 47.5 Å². The monoisotopic (exact) mass is 412 g/mol. The third-order valence-corrected chi connectivity index (χ3v) is 5.54. The van der Waals surface area contributed by atoms with Crippen LogP contribution in [0.4, 0.5) is 0 Å². The van der Waals surface area contributed by atoms with E-state index < -0.39 is 0 Å². The van der Waals surface area contributed by atoms with Crippen molar-refractivity contribution in [2.45, 2.75) is 25.8 Å². The molecule has 1 amide bonds. The van der Waals surface area contributed by atoms with Gasteiger partial charge in [-0.05, 0) is 36.1 Å². The standard InChI is InChI=1S/C24H32N2O4/c1-28-21-16-20(17-22(29-2)24(21)30-3)10-11-23(27)26-13-7-12-25(14-15-26)18-19-8-5-4-6-9-19/h4-6,8-9,16-17H,7,10-15,18H2,1-3H3. The molecule has 0 N–H and O–H groups in total. The van der Waals surface area contributed by atoms with Crippen LogP contribution in [0.15, 0.2) is 42.5 Å². The van der Waals surface area contributed by atoms with Crippen molar-refractivity contribution in [2.24, 2.45) is 0 Å². The SMILES string of the molecule is COc1cc(CCC(=O)N2CCCN(Cc3ccccc3)CC2)cc(OC)c1OC. The van der Waals surface area contributed by atoms with E-state index in [-0.39, 0.29) is 5.91 Å². The first-order valence-corrected chi connectivity index (χ1v) is 10.5. The van der Waals surface area contributed by atoms with E-state index in [1.165, 1.54) is 5.56 Å². The Hall–Kier alpha value is -2.73. The predicted octanol–water partition coefficient (Wildman–Crippen LogP) is 3.38. The largest absolute Gasteiger partial charge is 0.493 e. The molecule has 0 aliphatic carbocycles. The summed E-state index contributed by atoms with van der Waals surface area (Å²) in [6.07, 6.45) is 2.11. The normalized spacial score (nSPS) is 14.8. The van der Waals surface area contributed by atoms with Crippen molar-refractivity contribution in [3.63, 3.8) is 0 Å². The van der Waals surface area contributed by atoms with Crippen LogP contribution in [-0.2, 0) is 17.8 Å². The lowest BCUT2D eigenvalue weighted by Gasteiger charge is -2.22. The van der Waals surface area contributed by atoms with Crippen molar-refractivity contribution in [3.05, 3.63) is 53.6 Å². The average molecular weight is 413 g/mol. The fourth-order valence-corrected chi connectivity index (χ4v) is 3.91. The van der Waals surface area contributed by atoms with E-state index >= 15 is 0 Å². The fraction of sp³-hybridized carbons (Fsp3) is 0.458. The lowest BCUT2D eigenvalue weighted by atomic mass is 10.1. The Morgan fingerprint density at radius 2 is 1.57 bits per heavy atom. The molecule has 2 aromatic rings. The van der Waals surface area contributed by atoms with E-state index in [4.69, 9.17) is 14.2 Å². The number of nitrogens with zero attached hydrogens (tertiary/aromatic N) is 2. The molecule has 0 spiro atoms. The molecular formula is C24H32N2O4. The summed E-state index contributed by atoms with van der Waals surface area (Å²) in [5, 5.41) is 0. The summed E-state index contributed by atoms with van der Waals surface area (Å²) in [5.74, 6) is 2.00. The Morgan fingerprint density at radius 1 is 0.867 bits per heavy atom. The minimum absolute atomic E-state index is 0.199. The number of rotatable bonds is 8. The molecule has 0 saturated carbocycles. The molecule has 0 unspecified atom stereocenters. The molecule has 30 heavy (non-hydrogen) atoms. The summed E-state index contributed by atoms with van der Waals surface area (Å²) in [6.45, 7) is 4.46. The molecule has 1 aliphatic heterocycles. The van der Waals surface area contributed by atoms with Gasteiger partial charge in [-0.3, -0.25) is 9.69 Å². The maximum Gasteiger partial charge on any atom is 0.222 e. The maximum absolute atomic E-state index is 12.8. The second-order valence-electron chi connectivity index (χ2n) is 7.53. The van der Waals surface area contributed by atoms with Crippen LogP contribution in [0.3, 0.4) is 0 Å². The first kappa shape index (κ1) is 22.0. The third kappa shape index (κ3) is 5.66. The Labute approximate surface area is 179 Å². The van der Waals surface area contributed by atoms with E-state index in [0.717, 1.165) is 44.7 Å².